The molecule has 0 aliphatic rings. The number of amides is 2. The van der Waals surface area contributed by atoms with Gasteiger partial charge in [-0.2, -0.15) is 0 Å². The Bertz CT molecular complexity index is 617. The Morgan fingerprint density at radius 1 is 1.16 bits per heavy atom. The first kappa shape index (κ1) is 20.2. The number of carbonyl (C=O) groups is 3. The summed E-state index contributed by atoms with van der Waals surface area (Å²) in [5.74, 6) is -2.06. The lowest BCUT2D eigenvalue weighted by Crippen LogP contribution is -2.53. The first-order valence-corrected chi connectivity index (χ1v) is 7.59. The van der Waals surface area contributed by atoms with Gasteiger partial charge in [0.2, 0.25) is 5.91 Å². The highest BCUT2D eigenvalue weighted by molar-refractivity contribution is 5.89. The molecular weight excluding hydrogens is 328 g/mol. The van der Waals surface area contributed by atoms with Gasteiger partial charge in [0.15, 0.2) is 0 Å². The molecule has 8 heteroatoms. The van der Waals surface area contributed by atoms with Crippen LogP contribution in [-0.2, 0) is 20.9 Å². The first-order valence-electron chi connectivity index (χ1n) is 7.59. The number of aliphatic hydroxyl groups is 1. The average Bonchev–Trinajstić information content (AvgIpc) is 2.57. The Kier molecular flexibility index (Phi) is 8.14. The van der Waals surface area contributed by atoms with Gasteiger partial charge in [0, 0.05) is 0 Å². The minimum Gasteiger partial charge on any atom is -0.480 e. The lowest BCUT2D eigenvalue weighted by atomic mass is 10.1. The number of carbonyl (C=O) groups excluding carboxylic acids is 2. The highest BCUT2D eigenvalue weighted by Crippen LogP contribution is 2.04. The highest BCUT2D eigenvalue weighted by Gasteiger charge is 2.26. The van der Waals surface area contributed by atoms with Crippen LogP contribution in [0.15, 0.2) is 42.5 Å². The van der Waals surface area contributed by atoms with Crippen molar-refractivity contribution in [3.05, 3.63) is 48.0 Å². The predicted molar refractivity (Wildman–Crippen MR) is 89.6 cm³/mol. The summed E-state index contributed by atoms with van der Waals surface area (Å²) in [6, 6.07) is 6.40. The van der Waals surface area contributed by atoms with E-state index < -0.39 is 36.7 Å². The smallest absolute Gasteiger partial charge is 0.408 e. The zero-order valence-electron chi connectivity index (χ0n) is 13.9. The molecule has 0 aliphatic carbocycles. The maximum Gasteiger partial charge on any atom is 0.408 e. The Balaban J connectivity index is 2.55. The number of hydrogen-bond acceptors (Lipinski definition) is 5. The molecule has 0 unspecified atom stereocenters. The fourth-order valence-corrected chi connectivity index (χ4v) is 1.92. The number of nitrogens with one attached hydrogen (secondary N) is 2. The molecule has 2 amide bonds. The number of ether oxygens (including phenoxy) is 1. The van der Waals surface area contributed by atoms with Crippen LogP contribution in [-0.4, -0.2) is 46.9 Å². The van der Waals surface area contributed by atoms with Crippen molar-refractivity contribution in [1.82, 2.24) is 10.6 Å². The van der Waals surface area contributed by atoms with E-state index in [4.69, 9.17) is 9.84 Å². The lowest BCUT2D eigenvalue weighted by molar-refractivity contribution is -0.142. The van der Waals surface area contributed by atoms with Crippen LogP contribution in [0.3, 0.4) is 0 Å². The summed E-state index contributed by atoms with van der Waals surface area (Å²) in [6.45, 7) is 4.52. The third-order valence-electron chi connectivity index (χ3n) is 3.17. The molecule has 1 rings (SSSR count). The number of rotatable bonds is 9. The molecule has 0 aromatic heterocycles. The Morgan fingerprint density at radius 3 is 2.32 bits per heavy atom. The monoisotopic (exact) mass is 350 g/mol. The molecule has 0 bridgehead atoms. The van der Waals surface area contributed by atoms with Gasteiger partial charge in [-0.1, -0.05) is 35.9 Å². The molecule has 8 nitrogen and oxygen atoms in total. The van der Waals surface area contributed by atoms with Crippen molar-refractivity contribution in [2.75, 3.05) is 6.61 Å². The number of carboxylic acids is 1. The number of hydrogen-bond donors (Lipinski definition) is 4. The minimum atomic E-state index is -1.32. The highest BCUT2D eigenvalue weighted by atomic mass is 16.5. The molecule has 2 atom stereocenters. The summed E-state index contributed by atoms with van der Waals surface area (Å²) in [5, 5.41) is 22.8. The average molecular weight is 350 g/mol. The molecule has 136 valence electrons. The van der Waals surface area contributed by atoms with Crippen molar-refractivity contribution in [3.63, 3.8) is 0 Å². The molecule has 0 fully saturated rings. The molecular formula is C17H22N2O6. The van der Waals surface area contributed by atoms with E-state index in [1.807, 2.05) is 6.07 Å². The van der Waals surface area contributed by atoms with Crippen LogP contribution in [0.25, 0.3) is 0 Å². The summed E-state index contributed by atoms with van der Waals surface area (Å²) in [4.78, 5) is 34.9. The van der Waals surface area contributed by atoms with Crippen LogP contribution in [0.4, 0.5) is 4.79 Å². The van der Waals surface area contributed by atoms with Crippen molar-refractivity contribution in [2.45, 2.75) is 32.0 Å². The van der Waals surface area contributed by atoms with E-state index >= 15 is 0 Å². The van der Waals surface area contributed by atoms with Crippen LogP contribution < -0.4 is 10.6 Å². The largest absolute Gasteiger partial charge is 0.480 e. The zero-order chi connectivity index (χ0) is 18.8. The molecule has 0 saturated carbocycles. The van der Waals surface area contributed by atoms with E-state index in [9.17, 15) is 19.5 Å². The van der Waals surface area contributed by atoms with Crippen LogP contribution in [0, 0.1) is 0 Å². The summed E-state index contributed by atoms with van der Waals surface area (Å²) in [6.07, 6.45) is -0.859. The van der Waals surface area contributed by atoms with Gasteiger partial charge in [-0.15, -0.1) is 6.58 Å². The van der Waals surface area contributed by atoms with Crippen molar-refractivity contribution < 1.29 is 29.3 Å². The van der Waals surface area contributed by atoms with Gasteiger partial charge >= 0.3 is 12.1 Å². The number of benzene rings is 1. The van der Waals surface area contributed by atoms with E-state index in [-0.39, 0.29) is 13.0 Å². The summed E-state index contributed by atoms with van der Waals surface area (Å²) >= 11 is 0. The molecule has 1 aromatic carbocycles. The standard InChI is InChI=1S/C17H22N2O6/c1-11(2)8-13(16(22)23)18-15(21)14(9-20)19-17(24)25-10-12-6-4-3-5-7-12/h3-7,13-14,20H,1,8-10H2,2H3,(H,18,21)(H,19,24)(H,22,23)/t13-,14+/m1/s1. The van der Waals surface area contributed by atoms with Gasteiger partial charge in [-0.25, -0.2) is 9.59 Å². The second-order valence-electron chi connectivity index (χ2n) is 5.50. The van der Waals surface area contributed by atoms with Crippen LogP contribution >= 0.6 is 0 Å². The van der Waals surface area contributed by atoms with E-state index in [1.165, 1.54) is 0 Å². The summed E-state index contributed by atoms with van der Waals surface area (Å²) in [5.41, 5.74) is 1.33. The first-order chi connectivity index (χ1) is 11.8. The van der Waals surface area contributed by atoms with Crippen LogP contribution in [0.5, 0.6) is 0 Å². The van der Waals surface area contributed by atoms with E-state index in [2.05, 4.69) is 17.2 Å². The topological polar surface area (TPSA) is 125 Å². The molecule has 4 N–H and O–H groups in total. The third kappa shape index (κ3) is 7.49. The van der Waals surface area contributed by atoms with Gasteiger partial charge in [-0.05, 0) is 18.9 Å². The van der Waals surface area contributed by atoms with Crippen molar-refractivity contribution in [1.29, 1.82) is 0 Å². The molecule has 25 heavy (non-hydrogen) atoms. The van der Waals surface area contributed by atoms with Crippen molar-refractivity contribution >= 4 is 18.0 Å². The van der Waals surface area contributed by atoms with Gasteiger partial charge in [-0.3, -0.25) is 4.79 Å². The Labute approximate surface area is 145 Å². The van der Waals surface area contributed by atoms with Gasteiger partial charge in [0.1, 0.15) is 18.7 Å². The molecule has 0 saturated heterocycles. The fraction of sp³-hybridized carbons (Fsp3) is 0.353. The molecule has 0 aliphatic heterocycles. The predicted octanol–water partition coefficient (Wildman–Crippen LogP) is 0.809. The van der Waals surface area contributed by atoms with E-state index in [0.717, 1.165) is 5.56 Å². The van der Waals surface area contributed by atoms with Gasteiger partial charge in [0.05, 0.1) is 6.61 Å². The fourth-order valence-electron chi connectivity index (χ4n) is 1.92. The minimum absolute atomic E-state index is 0.000148. The van der Waals surface area contributed by atoms with Crippen molar-refractivity contribution in [2.24, 2.45) is 0 Å². The molecule has 0 radical (unpaired) electrons. The maximum absolute atomic E-state index is 12.0. The summed E-state index contributed by atoms with van der Waals surface area (Å²) in [7, 11) is 0. The van der Waals surface area contributed by atoms with Crippen LogP contribution in [0.2, 0.25) is 0 Å². The Hall–Kier alpha value is -2.87. The third-order valence-corrected chi connectivity index (χ3v) is 3.17. The quantitative estimate of drug-likeness (QED) is 0.489. The van der Waals surface area contributed by atoms with Gasteiger partial charge in [0.25, 0.3) is 0 Å². The van der Waals surface area contributed by atoms with Crippen LogP contribution in [0.1, 0.15) is 18.9 Å². The second-order valence-corrected chi connectivity index (χ2v) is 5.50. The lowest BCUT2D eigenvalue weighted by Gasteiger charge is -2.20. The molecule has 0 spiro atoms. The van der Waals surface area contributed by atoms with Crippen molar-refractivity contribution in [3.8, 4) is 0 Å². The van der Waals surface area contributed by atoms with E-state index in [0.29, 0.717) is 5.57 Å². The number of alkyl carbamates (subject to hydrolysis) is 1. The number of aliphatic hydroxyl groups excluding tert-OH is 1. The normalized spacial score (nSPS) is 12.6. The SMILES string of the molecule is C=C(C)C[C@@H](NC(=O)[C@H](CO)NC(=O)OCc1ccccc1)C(=O)O. The maximum atomic E-state index is 12.0. The zero-order valence-corrected chi connectivity index (χ0v) is 13.9. The summed E-state index contributed by atoms with van der Waals surface area (Å²) < 4.78 is 4.96. The number of carboxylic acid groups (broad SMARTS) is 1. The second kappa shape index (κ2) is 10.1. The van der Waals surface area contributed by atoms with Gasteiger partial charge < -0.3 is 25.6 Å². The molecule has 1 aromatic rings. The molecule has 0 heterocycles. The number of aliphatic carboxylic acids is 1. The van der Waals surface area contributed by atoms with E-state index in [1.54, 1.807) is 31.2 Å². The Morgan fingerprint density at radius 2 is 1.80 bits per heavy atom.